The Morgan fingerprint density at radius 3 is 2.72 bits per heavy atom. The molecule has 2 aliphatic rings. The Morgan fingerprint density at radius 1 is 1.24 bits per heavy atom. The molecule has 1 fully saturated rings. The van der Waals surface area contributed by atoms with E-state index in [1.807, 2.05) is 0 Å². The highest BCUT2D eigenvalue weighted by atomic mass is 35.5. The van der Waals surface area contributed by atoms with Gasteiger partial charge in [0.05, 0.1) is 12.7 Å². The second-order valence-electron chi connectivity index (χ2n) is 7.44. The molecule has 0 unspecified atom stereocenters. The van der Waals surface area contributed by atoms with Crippen LogP contribution in [0.1, 0.15) is 33.4 Å². The summed E-state index contributed by atoms with van der Waals surface area (Å²) in [6, 6.07) is 4.98. The number of rotatable bonds is 4. The summed E-state index contributed by atoms with van der Waals surface area (Å²) >= 11 is 7.73. The first-order valence-electron chi connectivity index (χ1n) is 9.32. The van der Waals surface area contributed by atoms with Crippen molar-refractivity contribution >= 4 is 22.9 Å². The standard InChI is InChI=1S/C20H22ClFO6S/c1-9-17(24)18(25)19(26)20(28-9)13-5-10(6-14(21)12(13)8-27-20)4-11-7-15(22)16(29-11)2-3-23/h5-7,9,17-19,23-26H,2-4,8H2,1H3/t9-,17-,18+,19-,20+/m1/s1. The minimum absolute atomic E-state index is 0.0926. The van der Waals surface area contributed by atoms with Crippen LogP contribution in [0.3, 0.4) is 0 Å². The number of halogens is 2. The smallest absolute Gasteiger partial charge is 0.225 e. The highest BCUT2D eigenvalue weighted by molar-refractivity contribution is 7.12. The van der Waals surface area contributed by atoms with Gasteiger partial charge in [-0.15, -0.1) is 11.3 Å². The summed E-state index contributed by atoms with van der Waals surface area (Å²) in [5.41, 5.74) is 1.90. The van der Waals surface area contributed by atoms with Crippen molar-refractivity contribution in [1.29, 1.82) is 0 Å². The molecule has 158 valence electrons. The monoisotopic (exact) mass is 444 g/mol. The highest BCUT2D eigenvalue weighted by Crippen LogP contribution is 2.48. The maximum Gasteiger partial charge on any atom is 0.225 e. The Hall–Kier alpha value is -1.10. The van der Waals surface area contributed by atoms with Crippen molar-refractivity contribution in [2.24, 2.45) is 0 Å². The lowest BCUT2D eigenvalue weighted by Gasteiger charge is -2.45. The van der Waals surface area contributed by atoms with Crippen LogP contribution in [-0.4, -0.2) is 51.4 Å². The van der Waals surface area contributed by atoms with Crippen LogP contribution >= 0.6 is 22.9 Å². The van der Waals surface area contributed by atoms with Crippen molar-refractivity contribution in [3.8, 4) is 0 Å². The number of hydrogen-bond acceptors (Lipinski definition) is 7. The summed E-state index contributed by atoms with van der Waals surface area (Å²) in [5.74, 6) is -1.97. The van der Waals surface area contributed by atoms with E-state index in [1.165, 1.54) is 17.4 Å². The van der Waals surface area contributed by atoms with Gasteiger partial charge in [-0.3, -0.25) is 0 Å². The predicted molar refractivity (Wildman–Crippen MR) is 104 cm³/mol. The third kappa shape index (κ3) is 3.51. The molecule has 0 aliphatic carbocycles. The second-order valence-corrected chi connectivity index (χ2v) is 9.07. The zero-order valence-electron chi connectivity index (χ0n) is 15.6. The van der Waals surface area contributed by atoms with Gasteiger partial charge in [0, 0.05) is 45.4 Å². The Morgan fingerprint density at radius 2 is 2.00 bits per heavy atom. The lowest BCUT2D eigenvalue weighted by Crippen LogP contribution is -2.62. The van der Waals surface area contributed by atoms with Crippen LogP contribution in [0.2, 0.25) is 5.02 Å². The van der Waals surface area contributed by atoms with Gasteiger partial charge in [0.25, 0.3) is 0 Å². The van der Waals surface area contributed by atoms with E-state index in [4.69, 9.17) is 26.2 Å². The number of aliphatic hydroxyl groups is 4. The number of benzene rings is 1. The van der Waals surface area contributed by atoms with Gasteiger partial charge in [-0.05, 0) is 30.7 Å². The molecule has 1 aromatic heterocycles. The van der Waals surface area contributed by atoms with Gasteiger partial charge >= 0.3 is 0 Å². The number of aliphatic hydroxyl groups excluding tert-OH is 4. The summed E-state index contributed by atoms with van der Waals surface area (Å²) in [7, 11) is 0. The fraction of sp³-hybridized carbons (Fsp3) is 0.500. The van der Waals surface area contributed by atoms with Crippen LogP contribution in [-0.2, 0) is 34.7 Å². The zero-order chi connectivity index (χ0) is 20.9. The van der Waals surface area contributed by atoms with Gasteiger partial charge in [0.15, 0.2) is 0 Å². The topological polar surface area (TPSA) is 99.4 Å². The molecule has 9 heteroatoms. The molecule has 6 nitrogen and oxygen atoms in total. The number of hydrogen-bond donors (Lipinski definition) is 4. The Labute approximate surface area is 176 Å². The molecule has 0 bridgehead atoms. The molecule has 1 spiro atoms. The van der Waals surface area contributed by atoms with E-state index >= 15 is 0 Å². The molecule has 4 N–H and O–H groups in total. The van der Waals surface area contributed by atoms with E-state index in [2.05, 4.69) is 0 Å². The van der Waals surface area contributed by atoms with E-state index < -0.39 is 30.2 Å². The Balaban J connectivity index is 1.70. The summed E-state index contributed by atoms with van der Waals surface area (Å²) in [5, 5.41) is 40.4. The van der Waals surface area contributed by atoms with Crippen LogP contribution in [0.25, 0.3) is 0 Å². The number of ether oxygens (including phenoxy) is 2. The van der Waals surface area contributed by atoms with Crippen molar-refractivity contribution < 1.29 is 34.3 Å². The SMILES string of the molecule is C[C@H]1O[C@]2(OCc3c(Cl)cc(Cc4cc(F)c(CCO)s4)cc32)[C@H](O)[C@@H](O)[C@@H]1O. The number of fused-ring (bicyclic) bond motifs is 2. The first kappa shape index (κ1) is 21.1. The first-order chi connectivity index (χ1) is 13.8. The lowest BCUT2D eigenvalue weighted by molar-refractivity contribution is -0.362. The predicted octanol–water partition coefficient (Wildman–Crippen LogP) is 1.85. The van der Waals surface area contributed by atoms with E-state index in [9.17, 15) is 19.7 Å². The van der Waals surface area contributed by atoms with Gasteiger partial charge in [0.1, 0.15) is 24.1 Å². The molecular weight excluding hydrogens is 423 g/mol. The molecule has 2 aromatic rings. The molecule has 2 aliphatic heterocycles. The van der Waals surface area contributed by atoms with Crippen LogP contribution in [0.4, 0.5) is 4.39 Å². The molecule has 1 saturated heterocycles. The van der Waals surface area contributed by atoms with Crippen LogP contribution in [0, 0.1) is 5.82 Å². The quantitative estimate of drug-likeness (QED) is 0.574. The van der Waals surface area contributed by atoms with Crippen LogP contribution in [0.5, 0.6) is 0 Å². The van der Waals surface area contributed by atoms with E-state index in [-0.39, 0.29) is 25.5 Å². The van der Waals surface area contributed by atoms with Gasteiger partial charge in [-0.2, -0.15) is 0 Å². The van der Waals surface area contributed by atoms with Gasteiger partial charge in [-0.1, -0.05) is 11.6 Å². The fourth-order valence-electron chi connectivity index (χ4n) is 3.98. The molecule has 0 radical (unpaired) electrons. The van der Waals surface area contributed by atoms with Gasteiger partial charge in [-0.25, -0.2) is 4.39 Å². The number of thiophene rings is 1. The minimum Gasteiger partial charge on any atom is -0.396 e. The van der Waals surface area contributed by atoms with Crippen molar-refractivity contribution in [1.82, 2.24) is 0 Å². The van der Waals surface area contributed by atoms with Crippen molar-refractivity contribution in [3.05, 3.63) is 55.5 Å². The average molecular weight is 445 g/mol. The molecule has 4 rings (SSSR count). The summed E-state index contributed by atoms with van der Waals surface area (Å²) in [6.45, 7) is 1.56. The van der Waals surface area contributed by atoms with Gasteiger partial charge < -0.3 is 29.9 Å². The third-order valence-electron chi connectivity index (χ3n) is 5.49. The average Bonchev–Trinajstić information content (AvgIpc) is 3.20. The molecule has 1 aromatic carbocycles. The molecular formula is C20H22ClFO6S. The third-order valence-corrected chi connectivity index (χ3v) is 7.00. The zero-order valence-corrected chi connectivity index (χ0v) is 17.2. The maximum absolute atomic E-state index is 14.0. The Kier molecular flexibility index (Phi) is 5.73. The van der Waals surface area contributed by atoms with E-state index in [0.29, 0.717) is 27.4 Å². The fourth-order valence-corrected chi connectivity index (χ4v) is 5.34. The second kappa shape index (κ2) is 7.86. The first-order valence-corrected chi connectivity index (χ1v) is 10.5. The lowest BCUT2D eigenvalue weighted by atomic mass is 9.87. The van der Waals surface area contributed by atoms with Crippen molar-refractivity contribution in [3.63, 3.8) is 0 Å². The van der Waals surface area contributed by atoms with Gasteiger partial charge in [0.2, 0.25) is 5.79 Å². The molecule has 5 atom stereocenters. The van der Waals surface area contributed by atoms with E-state index in [1.54, 1.807) is 19.1 Å². The summed E-state index contributed by atoms with van der Waals surface area (Å²) < 4.78 is 25.6. The van der Waals surface area contributed by atoms with Crippen molar-refractivity contribution in [2.75, 3.05) is 6.61 Å². The normalized spacial score (nSPS) is 31.4. The molecule has 3 heterocycles. The summed E-state index contributed by atoms with van der Waals surface area (Å²) in [4.78, 5) is 1.26. The highest BCUT2D eigenvalue weighted by Gasteiger charge is 2.57. The minimum atomic E-state index is -1.63. The van der Waals surface area contributed by atoms with E-state index in [0.717, 1.165) is 10.4 Å². The maximum atomic E-state index is 14.0. The van der Waals surface area contributed by atoms with Crippen LogP contribution in [0.15, 0.2) is 18.2 Å². The Bertz CT molecular complexity index is 921. The van der Waals surface area contributed by atoms with Crippen molar-refractivity contribution in [2.45, 2.75) is 56.6 Å². The van der Waals surface area contributed by atoms with Crippen LogP contribution < -0.4 is 0 Å². The summed E-state index contributed by atoms with van der Waals surface area (Å²) in [6.07, 6.45) is -4.31. The largest absolute Gasteiger partial charge is 0.396 e. The molecule has 0 amide bonds. The molecule has 29 heavy (non-hydrogen) atoms. The molecule has 0 saturated carbocycles.